The van der Waals surface area contributed by atoms with Gasteiger partial charge < -0.3 is 14.2 Å². The molecule has 1 heterocycles. The van der Waals surface area contributed by atoms with Crippen molar-refractivity contribution >= 4 is 23.7 Å². The van der Waals surface area contributed by atoms with Gasteiger partial charge in [0, 0.05) is 18.6 Å². The lowest BCUT2D eigenvalue weighted by molar-refractivity contribution is -0.157. The lowest BCUT2D eigenvalue weighted by Crippen LogP contribution is -2.26. The highest BCUT2D eigenvalue weighted by Gasteiger charge is 2.19. The van der Waals surface area contributed by atoms with E-state index in [1.54, 1.807) is 13.8 Å². The van der Waals surface area contributed by atoms with Crippen molar-refractivity contribution in [2.45, 2.75) is 51.9 Å². The van der Waals surface area contributed by atoms with Crippen molar-refractivity contribution in [1.29, 1.82) is 0 Å². The van der Waals surface area contributed by atoms with Crippen molar-refractivity contribution in [2.75, 3.05) is 0 Å². The van der Waals surface area contributed by atoms with Crippen molar-refractivity contribution in [3.8, 4) is 0 Å². The van der Waals surface area contributed by atoms with Gasteiger partial charge in [0.05, 0.1) is 6.42 Å². The van der Waals surface area contributed by atoms with Crippen LogP contribution in [0.2, 0.25) is 0 Å². The number of ether oxygens (including phenoxy) is 3. The Kier molecular flexibility index (Phi) is 7.18. The van der Waals surface area contributed by atoms with E-state index in [1.807, 2.05) is 0 Å². The van der Waals surface area contributed by atoms with Gasteiger partial charge in [-0.1, -0.05) is 6.08 Å². The van der Waals surface area contributed by atoms with Crippen LogP contribution in [0.5, 0.6) is 0 Å². The molecule has 7 nitrogen and oxygen atoms in total. The van der Waals surface area contributed by atoms with Gasteiger partial charge in [0.2, 0.25) is 0 Å². The molecule has 0 saturated carbocycles. The van der Waals surface area contributed by atoms with Crippen LogP contribution in [-0.2, 0) is 33.4 Å². The van der Waals surface area contributed by atoms with Crippen LogP contribution in [0.4, 0.5) is 0 Å². The Morgan fingerprint density at radius 3 is 2.13 bits per heavy atom. The van der Waals surface area contributed by atoms with Gasteiger partial charge in [-0.2, -0.15) is 0 Å². The Morgan fingerprint density at radius 2 is 1.43 bits per heavy atom. The van der Waals surface area contributed by atoms with Gasteiger partial charge in [0.25, 0.3) is 0 Å². The van der Waals surface area contributed by atoms with E-state index in [2.05, 4.69) is 0 Å². The topological polar surface area (TPSA) is 96.0 Å². The number of esters is 3. The summed E-state index contributed by atoms with van der Waals surface area (Å²) < 4.78 is 15.0. The fourth-order valence-electron chi connectivity index (χ4n) is 1.74. The number of rotatable bonds is 0. The molecule has 0 spiro atoms. The van der Waals surface area contributed by atoms with Crippen LogP contribution in [0.15, 0.2) is 24.3 Å². The zero-order valence-electron chi connectivity index (χ0n) is 13.3. The van der Waals surface area contributed by atoms with Crippen molar-refractivity contribution in [3.63, 3.8) is 0 Å². The highest BCUT2D eigenvalue weighted by atomic mass is 16.6. The first-order valence-corrected chi connectivity index (χ1v) is 7.27. The summed E-state index contributed by atoms with van der Waals surface area (Å²) in [6, 6.07) is 0. The summed E-state index contributed by atoms with van der Waals surface area (Å²) in [7, 11) is 0. The van der Waals surface area contributed by atoms with Gasteiger partial charge in [0.15, 0.2) is 11.9 Å². The first-order valence-electron chi connectivity index (χ1n) is 7.27. The second-order valence-electron chi connectivity index (χ2n) is 5.20. The second-order valence-corrected chi connectivity index (χ2v) is 5.20. The van der Waals surface area contributed by atoms with Gasteiger partial charge in [-0.25, -0.2) is 9.59 Å². The van der Waals surface area contributed by atoms with Gasteiger partial charge in [-0.15, -0.1) is 0 Å². The molecule has 0 bridgehead atoms. The summed E-state index contributed by atoms with van der Waals surface area (Å²) in [5.41, 5.74) is 0. The second kappa shape index (κ2) is 8.87. The van der Waals surface area contributed by atoms with Gasteiger partial charge in [0.1, 0.15) is 12.2 Å². The molecule has 0 N–H and O–H groups in total. The number of carbonyl (C=O) groups excluding carboxylic acids is 4. The number of cyclic esters (lactones) is 3. The first kappa shape index (κ1) is 18.6. The SMILES string of the molecule is C[C@@H]1CC(=O)O[C@@H](C)C(=O)/C=C/C(=O)O[C@@H](C)C/C=C/C(=O)O1. The largest absolute Gasteiger partial charge is 0.459 e. The summed E-state index contributed by atoms with van der Waals surface area (Å²) in [5, 5.41) is 0. The predicted molar refractivity (Wildman–Crippen MR) is 79.2 cm³/mol. The quantitative estimate of drug-likeness (QED) is 0.489. The molecule has 0 aromatic heterocycles. The fraction of sp³-hybridized carbons (Fsp3) is 0.500. The zero-order valence-corrected chi connectivity index (χ0v) is 13.3. The first-order chi connectivity index (χ1) is 10.8. The van der Waals surface area contributed by atoms with Crippen LogP contribution in [0.1, 0.15) is 33.6 Å². The van der Waals surface area contributed by atoms with Crippen molar-refractivity contribution in [1.82, 2.24) is 0 Å². The molecule has 0 saturated heterocycles. The van der Waals surface area contributed by atoms with Crippen LogP contribution in [0.3, 0.4) is 0 Å². The van der Waals surface area contributed by atoms with Crippen LogP contribution in [-0.4, -0.2) is 42.0 Å². The molecular formula is C16H20O7. The maximum absolute atomic E-state index is 11.7. The number of ketones is 1. The number of carbonyl (C=O) groups is 4. The Labute approximate surface area is 134 Å². The van der Waals surface area contributed by atoms with Gasteiger partial charge in [-0.3, -0.25) is 9.59 Å². The minimum absolute atomic E-state index is 0.167. The molecule has 0 amide bonds. The summed E-state index contributed by atoms with van der Waals surface area (Å²) in [6.07, 6.45) is 2.67. The average molecular weight is 324 g/mol. The predicted octanol–water partition coefficient (Wildman–Crippen LogP) is 1.26. The van der Waals surface area contributed by atoms with Crippen molar-refractivity contribution in [2.24, 2.45) is 0 Å². The molecule has 7 heteroatoms. The Hall–Kier alpha value is -2.44. The normalized spacial score (nSPS) is 30.8. The molecule has 0 unspecified atom stereocenters. The van der Waals surface area contributed by atoms with E-state index in [-0.39, 0.29) is 6.42 Å². The summed E-state index contributed by atoms with van der Waals surface area (Å²) in [5.74, 6) is -2.52. The Bertz CT molecular complexity index is 533. The monoisotopic (exact) mass is 324 g/mol. The number of hydrogen-bond acceptors (Lipinski definition) is 7. The molecule has 126 valence electrons. The van der Waals surface area contributed by atoms with E-state index in [4.69, 9.17) is 14.2 Å². The van der Waals surface area contributed by atoms with Gasteiger partial charge in [-0.05, 0) is 26.8 Å². The van der Waals surface area contributed by atoms with Crippen LogP contribution < -0.4 is 0 Å². The van der Waals surface area contributed by atoms with E-state index in [0.29, 0.717) is 6.42 Å². The molecule has 1 aliphatic rings. The minimum Gasteiger partial charge on any atom is -0.459 e. The Balaban J connectivity index is 2.84. The molecule has 3 atom stereocenters. The third-order valence-corrected chi connectivity index (χ3v) is 2.90. The maximum atomic E-state index is 11.7. The molecule has 0 radical (unpaired) electrons. The lowest BCUT2D eigenvalue weighted by atomic mass is 10.2. The van der Waals surface area contributed by atoms with Crippen molar-refractivity contribution < 1.29 is 33.4 Å². The molecule has 1 rings (SSSR count). The highest BCUT2D eigenvalue weighted by Crippen LogP contribution is 2.06. The molecular weight excluding hydrogens is 304 g/mol. The van der Waals surface area contributed by atoms with Gasteiger partial charge >= 0.3 is 17.9 Å². The van der Waals surface area contributed by atoms with Crippen LogP contribution >= 0.6 is 0 Å². The summed E-state index contributed by atoms with van der Waals surface area (Å²) in [4.78, 5) is 46.5. The smallest absolute Gasteiger partial charge is 0.331 e. The zero-order chi connectivity index (χ0) is 17.4. The standard InChI is InChI=1S/C16H20O7/c1-10-5-4-6-14(18)22-11(2)9-16(20)23-12(3)13(17)7-8-15(19)21-10/h4,6-8,10-12H,5,9H2,1-3H3/b6-4+,8-7+/t10-,11+,12-/m0/s1. The third-order valence-electron chi connectivity index (χ3n) is 2.90. The van der Waals surface area contributed by atoms with Crippen LogP contribution in [0, 0.1) is 0 Å². The summed E-state index contributed by atoms with van der Waals surface area (Å²) in [6.45, 7) is 4.59. The average Bonchev–Trinajstić information content (AvgIpc) is 2.43. The number of hydrogen-bond donors (Lipinski definition) is 0. The van der Waals surface area contributed by atoms with E-state index in [9.17, 15) is 19.2 Å². The third kappa shape index (κ3) is 7.39. The molecule has 1 aliphatic heterocycles. The van der Waals surface area contributed by atoms with E-state index >= 15 is 0 Å². The maximum Gasteiger partial charge on any atom is 0.331 e. The molecule has 0 aliphatic carbocycles. The lowest BCUT2D eigenvalue weighted by Gasteiger charge is -2.14. The van der Waals surface area contributed by atoms with Crippen LogP contribution in [0.25, 0.3) is 0 Å². The highest BCUT2D eigenvalue weighted by molar-refractivity contribution is 5.99. The molecule has 0 aromatic carbocycles. The van der Waals surface area contributed by atoms with E-state index in [0.717, 1.165) is 12.2 Å². The fourth-order valence-corrected chi connectivity index (χ4v) is 1.74. The van der Waals surface area contributed by atoms with E-state index in [1.165, 1.54) is 19.1 Å². The minimum atomic E-state index is -1.04. The van der Waals surface area contributed by atoms with E-state index < -0.39 is 42.0 Å². The van der Waals surface area contributed by atoms with Crippen molar-refractivity contribution in [3.05, 3.63) is 24.3 Å². The summed E-state index contributed by atoms with van der Waals surface area (Å²) >= 11 is 0. The molecule has 0 aromatic rings. The molecule has 0 fully saturated rings. The Morgan fingerprint density at radius 1 is 0.826 bits per heavy atom. The molecule has 23 heavy (non-hydrogen) atoms.